The Bertz CT molecular complexity index is 1530. The summed E-state index contributed by atoms with van der Waals surface area (Å²) in [6.07, 6.45) is 1.14. The van der Waals surface area contributed by atoms with Crippen molar-refractivity contribution in [2.45, 2.75) is 45.7 Å². The number of phenols is 1. The second-order valence-electron chi connectivity index (χ2n) is 11.4. The summed E-state index contributed by atoms with van der Waals surface area (Å²) >= 11 is 0. The van der Waals surface area contributed by atoms with Gasteiger partial charge >= 0.3 is 6.18 Å². The van der Waals surface area contributed by atoms with E-state index >= 15 is 0 Å². The molecule has 1 aromatic heterocycles. The van der Waals surface area contributed by atoms with E-state index in [1.54, 1.807) is 35.1 Å². The molecular weight excluding hydrogens is 558 g/mol. The molecular formula is C30H33F4N3O3S. The third-order valence-electron chi connectivity index (χ3n) is 8.62. The van der Waals surface area contributed by atoms with Crippen molar-refractivity contribution in [3.63, 3.8) is 0 Å². The van der Waals surface area contributed by atoms with E-state index in [0.717, 1.165) is 32.4 Å². The van der Waals surface area contributed by atoms with Gasteiger partial charge in [-0.3, -0.25) is 0 Å². The summed E-state index contributed by atoms with van der Waals surface area (Å²) in [7, 11) is -4.64. The monoisotopic (exact) mass is 591 g/mol. The van der Waals surface area contributed by atoms with E-state index in [1.807, 2.05) is 0 Å². The summed E-state index contributed by atoms with van der Waals surface area (Å²) in [4.78, 5) is 0. The molecule has 2 aliphatic carbocycles. The van der Waals surface area contributed by atoms with Crippen molar-refractivity contribution in [2.24, 2.45) is 17.3 Å². The fourth-order valence-corrected chi connectivity index (χ4v) is 7.97. The molecule has 3 aromatic rings. The maximum absolute atomic E-state index is 13.5. The summed E-state index contributed by atoms with van der Waals surface area (Å²) in [5.74, 6) is -2.31. The fraction of sp³-hybridized carbons (Fsp3) is 0.433. The maximum Gasteiger partial charge on any atom is 0.404 e. The summed E-state index contributed by atoms with van der Waals surface area (Å²) in [5.41, 5.74) is 3.99. The van der Waals surface area contributed by atoms with Crippen LogP contribution in [0.1, 0.15) is 43.5 Å². The molecule has 0 saturated heterocycles. The van der Waals surface area contributed by atoms with Crippen molar-refractivity contribution in [1.82, 2.24) is 14.1 Å². The number of rotatable bonds is 9. The number of halogens is 4. The van der Waals surface area contributed by atoms with Gasteiger partial charge in [0.05, 0.1) is 17.6 Å². The highest BCUT2D eigenvalue weighted by Crippen LogP contribution is 2.57. The fourth-order valence-electron chi connectivity index (χ4n) is 6.60. The quantitative estimate of drug-likeness (QED) is 0.303. The Balaban J connectivity index is 1.46. The minimum absolute atomic E-state index is 0.0204. The minimum atomic E-state index is -4.86. The van der Waals surface area contributed by atoms with Gasteiger partial charge in [-0.15, -0.1) is 0 Å². The van der Waals surface area contributed by atoms with Crippen LogP contribution in [-0.4, -0.2) is 52.6 Å². The summed E-state index contributed by atoms with van der Waals surface area (Å²) in [5, 5.41) is 14.1. The number of hydrogen-bond acceptors (Lipinski definition) is 4. The van der Waals surface area contributed by atoms with Gasteiger partial charge in [0.2, 0.25) is 10.0 Å². The number of aromatic nitrogens is 2. The molecule has 0 spiro atoms. The van der Waals surface area contributed by atoms with Crippen LogP contribution in [0.2, 0.25) is 0 Å². The molecule has 1 saturated carbocycles. The van der Waals surface area contributed by atoms with Crippen LogP contribution in [0.15, 0.2) is 60.3 Å². The van der Waals surface area contributed by atoms with Crippen molar-refractivity contribution in [2.75, 3.05) is 18.8 Å². The predicted molar refractivity (Wildman–Crippen MR) is 148 cm³/mol. The second kappa shape index (κ2) is 10.9. The minimum Gasteiger partial charge on any atom is -0.508 e. The number of benzene rings is 2. The molecule has 11 heteroatoms. The molecule has 2 aromatic carbocycles. The van der Waals surface area contributed by atoms with Crippen LogP contribution in [0.25, 0.3) is 11.8 Å². The molecule has 220 valence electrons. The average Bonchev–Trinajstić information content (AvgIpc) is 3.46. The highest BCUT2D eigenvalue weighted by atomic mass is 32.2. The first-order valence-corrected chi connectivity index (χ1v) is 15.3. The van der Waals surface area contributed by atoms with Crippen LogP contribution in [0, 0.1) is 23.1 Å². The zero-order valence-corrected chi connectivity index (χ0v) is 23.7. The van der Waals surface area contributed by atoms with Crippen molar-refractivity contribution < 1.29 is 31.1 Å². The van der Waals surface area contributed by atoms with Gasteiger partial charge in [0.15, 0.2) is 5.75 Å². The molecule has 2 atom stereocenters. The lowest BCUT2D eigenvalue weighted by atomic mass is 9.62. The highest BCUT2D eigenvalue weighted by molar-refractivity contribution is 7.89. The Morgan fingerprint density at radius 3 is 2.44 bits per heavy atom. The van der Waals surface area contributed by atoms with Crippen LogP contribution >= 0.6 is 0 Å². The van der Waals surface area contributed by atoms with E-state index in [1.165, 1.54) is 24.3 Å². The van der Waals surface area contributed by atoms with E-state index in [9.17, 15) is 31.1 Å². The van der Waals surface area contributed by atoms with Crippen molar-refractivity contribution in [3.05, 3.63) is 82.9 Å². The van der Waals surface area contributed by atoms with Gasteiger partial charge in [-0.25, -0.2) is 21.8 Å². The number of phenolic OH excluding ortho intramolecular Hbond substituents is 1. The van der Waals surface area contributed by atoms with Gasteiger partial charge in [-0.1, -0.05) is 31.6 Å². The number of fused-ring (bicyclic) bond motifs is 2. The molecule has 6 nitrogen and oxygen atoms in total. The lowest BCUT2D eigenvalue weighted by molar-refractivity contribution is -0.107. The highest BCUT2D eigenvalue weighted by Gasteiger charge is 2.52. The van der Waals surface area contributed by atoms with E-state index in [0.29, 0.717) is 19.3 Å². The van der Waals surface area contributed by atoms with Crippen molar-refractivity contribution >= 4 is 16.1 Å². The van der Waals surface area contributed by atoms with Crippen molar-refractivity contribution in [3.8, 4) is 11.4 Å². The molecule has 2 aliphatic rings. The van der Waals surface area contributed by atoms with Crippen LogP contribution in [0.4, 0.5) is 17.6 Å². The van der Waals surface area contributed by atoms with E-state index in [2.05, 4.69) is 25.0 Å². The van der Waals surface area contributed by atoms with E-state index in [-0.39, 0.29) is 42.9 Å². The third kappa shape index (κ3) is 5.92. The molecule has 0 radical (unpaired) electrons. The molecule has 5 rings (SSSR count). The number of alkyl halides is 3. The van der Waals surface area contributed by atoms with E-state index in [4.69, 9.17) is 0 Å². The second-order valence-corrected chi connectivity index (χ2v) is 13.3. The van der Waals surface area contributed by atoms with Gasteiger partial charge in [0.1, 0.15) is 11.6 Å². The molecule has 0 bridgehead atoms. The smallest absolute Gasteiger partial charge is 0.404 e. The van der Waals surface area contributed by atoms with Crippen LogP contribution in [0.5, 0.6) is 5.75 Å². The first-order chi connectivity index (χ1) is 19.3. The zero-order valence-electron chi connectivity index (χ0n) is 22.9. The predicted octanol–water partition coefficient (Wildman–Crippen LogP) is 6.15. The van der Waals surface area contributed by atoms with Gasteiger partial charge in [0, 0.05) is 18.5 Å². The Hall–Kier alpha value is -3.18. The standard InChI is InChI=1S/C30H33F4N3O3S/c1-20(2)29-16-22-17-35-37(26-9-7-25(31)8-10-26)28(22)15-23(29)5-6-24(29)18-36(41(39,40)19-30(32,33)34)14-13-21-3-11-27(38)12-4-21/h3-4,7-12,15,17,20,24,38H,5-6,13-14,16,18-19H2,1-2H3/t24-,29-/m1/s1. The summed E-state index contributed by atoms with van der Waals surface area (Å²) in [6, 6.07) is 12.3. The van der Waals surface area contributed by atoms with Gasteiger partial charge in [0.25, 0.3) is 0 Å². The van der Waals surface area contributed by atoms with E-state index < -0.39 is 27.4 Å². The third-order valence-corrected chi connectivity index (χ3v) is 10.4. The molecule has 1 N–H and O–H groups in total. The maximum atomic E-state index is 13.5. The molecule has 0 amide bonds. The number of nitrogens with zero attached hydrogens (tertiary/aromatic N) is 3. The van der Waals surface area contributed by atoms with Crippen LogP contribution in [-0.2, 0) is 22.9 Å². The molecule has 0 aliphatic heterocycles. The first-order valence-electron chi connectivity index (χ1n) is 13.6. The molecule has 0 unspecified atom stereocenters. The Morgan fingerprint density at radius 2 is 1.80 bits per heavy atom. The Morgan fingerprint density at radius 1 is 1.12 bits per heavy atom. The van der Waals surface area contributed by atoms with Gasteiger partial charge in [-0.2, -0.15) is 18.3 Å². The number of allylic oxidation sites excluding steroid dienone is 1. The lowest BCUT2D eigenvalue weighted by Crippen LogP contribution is -2.46. The largest absolute Gasteiger partial charge is 0.508 e. The Kier molecular flexibility index (Phi) is 7.80. The first kappa shape index (κ1) is 29.3. The SMILES string of the molecule is CC(C)[C@]12Cc3cnn(-c4ccc(F)cc4)c3C=C1CC[C@@H]2CN(CCc1ccc(O)cc1)S(=O)(=O)CC(F)(F)F. The van der Waals surface area contributed by atoms with Crippen LogP contribution < -0.4 is 0 Å². The average molecular weight is 592 g/mol. The topological polar surface area (TPSA) is 75.4 Å². The van der Waals surface area contributed by atoms with Crippen LogP contribution in [0.3, 0.4) is 0 Å². The zero-order chi connectivity index (χ0) is 29.6. The van der Waals surface area contributed by atoms with Gasteiger partial charge < -0.3 is 5.11 Å². The molecule has 41 heavy (non-hydrogen) atoms. The normalized spacial score (nSPS) is 20.8. The summed E-state index contributed by atoms with van der Waals surface area (Å²) < 4.78 is 82.7. The summed E-state index contributed by atoms with van der Waals surface area (Å²) in [6.45, 7) is 4.03. The Labute approximate surface area is 237 Å². The van der Waals surface area contributed by atoms with Crippen molar-refractivity contribution in [1.29, 1.82) is 0 Å². The number of aromatic hydroxyl groups is 1. The molecule has 1 heterocycles. The number of sulfonamides is 1. The molecule has 1 fully saturated rings. The van der Waals surface area contributed by atoms with Gasteiger partial charge in [-0.05, 0) is 91.1 Å². The lowest BCUT2D eigenvalue weighted by Gasteiger charge is -2.44. The number of hydrogen-bond donors (Lipinski definition) is 1.